The lowest BCUT2D eigenvalue weighted by Crippen LogP contribution is -2.15. The van der Waals surface area contributed by atoms with E-state index < -0.39 is 0 Å². The molecule has 1 aliphatic carbocycles. The number of hydrogen-bond donors (Lipinski definition) is 0. The van der Waals surface area contributed by atoms with E-state index in [1.165, 1.54) is 80.9 Å². The Morgan fingerprint density at radius 1 is 0.744 bits per heavy atom. The van der Waals surface area contributed by atoms with Crippen molar-refractivity contribution in [1.82, 2.24) is 0 Å². The van der Waals surface area contributed by atoms with E-state index in [2.05, 4.69) is 57.2 Å². The summed E-state index contributed by atoms with van der Waals surface area (Å²) < 4.78 is 5.67. The number of carbonyl (C=O) groups is 1. The monoisotopic (exact) mass is 524 g/mol. The minimum absolute atomic E-state index is 0.311. The number of esters is 1. The topological polar surface area (TPSA) is 26.3 Å². The van der Waals surface area contributed by atoms with Crippen molar-refractivity contribution in [2.24, 2.45) is 17.8 Å². The molecule has 0 bridgehead atoms. The second-order valence-electron chi connectivity index (χ2n) is 11.9. The number of carbonyl (C=O) groups excluding carboxylic acids is 1. The Labute approximate surface area is 237 Å². The molecule has 3 aromatic rings. The van der Waals surface area contributed by atoms with Crippen molar-refractivity contribution in [1.29, 1.82) is 0 Å². The minimum Gasteiger partial charge on any atom is -0.423 e. The molecule has 208 valence electrons. The van der Waals surface area contributed by atoms with Gasteiger partial charge in [0.05, 0.1) is 5.56 Å². The first-order valence-corrected chi connectivity index (χ1v) is 15.5. The Hall–Kier alpha value is -2.87. The molecular formula is C37H48O2. The van der Waals surface area contributed by atoms with Gasteiger partial charge in [-0.25, -0.2) is 4.79 Å². The molecule has 0 aromatic heterocycles. The molecule has 1 atom stereocenters. The normalized spacial score (nSPS) is 18.0. The Morgan fingerprint density at radius 2 is 1.31 bits per heavy atom. The molecule has 1 fully saturated rings. The summed E-state index contributed by atoms with van der Waals surface area (Å²) in [5.74, 6) is 2.85. The quantitative estimate of drug-likeness (QED) is 0.126. The van der Waals surface area contributed by atoms with Crippen LogP contribution in [-0.2, 0) is 12.8 Å². The molecule has 4 rings (SSSR count). The van der Waals surface area contributed by atoms with E-state index in [0.29, 0.717) is 17.2 Å². The number of unbranched alkanes of at least 4 members (excludes halogenated alkanes) is 2. The van der Waals surface area contributed by atoms with Gasteiger partial charge < -0.3 is 4.74 Å². The highest BCUT2D eigenvalue weighted by molar-refractivity contribution is 5.91. The van der Waals surface area contributed by atoms with Gasteiger partial charge in [-0.1, -0.05) is 127 Å². The highest BCUT2D eigenvalue weighted by atomic mass is 16.5. The highest BCUT2D eigenvalue weighted by Gasteiger charge is 2.20. The molecule has 3 aromatic carbocycles. The van der Waals surface area contributed by atoms with Crippen molar-refractivity contribution in [2.75, 3.05) is 0 Å². The van der Waals surface area contributed by atoms with Gasteiger partial charge in [0, 0.05) is 0 Å². The van der Waals surface area contributed by atoms with Crippen LogP contribution in [0.4, 0.5) is 0 Å². The van der Waals surface area contributed by atoms with Crippen LogP contribution in [-0.4, -0.2) is 5.97 Å². The Kier molecular flexibility index (Phi) is 11.2. The largest absolute Gasteiger partial charge is 0.423 e. The van der Waals surface area contributed by atoms with Gasteiger partial charge in [-0.3, -0.25) is 0 Å². The molecule has 0 aliphatic heterocycles. The van der Waals surface area contributed by atoms with Crippen molar-refractivity contribution >= 4 is 5.97 Å². The lowest BCUT2D eigenvalue weighted by molar-refractivity contribution is 0.0734. The van der Waals surface area contributed by atoms with Gasteiger partial charge in [0.2, 0.25) is 0 Å². The first-order valence-electron chi connectivity index (χ1n) is 15.5. The van der Waals surface area contributed by atoms with Gasteiger partial charge in [0.15, 0.2) is 0 Å². The van der Waals surface area contributed by atoms with Gasteiger partial charge in [0.25, 0.3) is 0 Å². The summed E-state index contributed by atoms with van der Waals surface area (Å²) in [6.07, 6.45) is 15.9. The van der Waals surface area contributed by atoms with Crippen LogP contribution < -0.4 is 4.74 Å². The molecule has 1 unspecified atom stereocenters. The fourth-order valence-corrected chi connectivity index (χ4v) is 5.93. The number of benzene rings is 3. The van der Waals surface area contributed by atoms with Gasteiger partial charge in [-0.2, -0.15) is 0 Å². The number of hydrogen-bond acceptors (Lipinski definition) is 2. The third kappa shape index (κ3) is 9.09. The maximum atomic E-state index is 12.7. The van der Waals surface area contributed by atoms with Crippen LogP contribution >= 0.6 is 0 Å². The number of aryl methyl sites for hydroxylation is 1. The van der Waals surface area contributed by atoms with Crippen LogP contribution in [0.1, 0.15) is 106 Å². The smallest absolute Gasteiger partial charge is 0.343 e. The zero-order valence-corrected chi connectivity index (χ0v) is 24.5. The summed E-state index contributed by atoms with van der Waals surface area (Å²) in [6, 6.07) is 24.6. The van der Waals surface area contributed by atoms with Crippen LogP contribution in [0.3, 0.4) is 0 Å². The predicted molar refractivity (Wildman–Crippen MR) is 164 cm³/mol. The lowest BCUT2D eigenvalue weighted by Gasteiger charge is -2.28. The number of ether oxygens (including phenoxy) is 1. The zero-order valence-electron chi connectivity index (χ0n) is 24.5. The summed E-state index contributed by atoms with van der Waals surface area (Å²) in [7, 11) is 0. The first kappa shape index (κ1) is 29.1. The van der Waals surface area contributed by atoms with Crippen molar-refractivity contribution in [3.63, 3.8) is 0 Å². The Bertz CT molecular complexity index is 1120. The standard InChI is InChI=1S/C37H48O2/c1-4-6-7-8-29-9-11-30(12-10-29)13-14-31-17-25-36(26-18-31)39-37(38)35-23-21-34(22-24-35)33-19-15-32(16-20-33)27-28(3)5-2/h15-26,28-30H,4-14,27H2,1-3H3. The maximum absolute atomic E-state index is 12.7. The molecule has 0 spiro atoms. The van der Waals surface area contributed by atoms with Crippen molar-refractivity contribution in [3.05, 3.63) is 89.5 Å². The summed E-state index contributed by atoms with van der Waals surface area (Å²) >= 11 is 0. The third-order valence-corrected chi connectivity index (χ3v) is 8.85. The molecule has 0 radical (unpaired) electrons. The van der Waals surface area contributed by atoms with Crippen LogP contribution in [0.25, 0.3) is 11.1 Å². The van der Waals surface area contributed by atoms with E-state index in [1.54, 1.807) is 0 Å². The highest BCUT2D eigenvalue weighted by Crippen LogP contribution is 2.34. The Morgan fingerprint density at radius 3 is 1.90 bits per heavy atom. The molecule has 0 saturated heterocycles. The summed E-state index contributed by atoms with van der Waals surface area (Å²) in [5.41, 5.74) is 5.55. The molecule has 39 heavy (non-hydrogen) atoms. The second kappa shape index (κ2) is 15.1. The van der Waals surface area contributed by atoms with Crippen molar-refractivity contribution in [3.8, 4) is 16.9 Å². The maximum Gasteiger partial charge on any atom is 0.343 e. The van der Waals surface area contributed by atoms with Crippen LogP contribution in [0.15, 0.2) is 72.8 Å². The van der Waals surface area contributed by atoms with E-state index >= 15 is 0 Å². The van der Waals surface area contributed by atoms with Crippen LogP contribution in [0.5, 0.6) is 5.75 Å². The third-order valence-electron chi connectivity index (χ3n) is 8.85. The van der Waals surface area contributed by atoms with Gasteiger partial charge in [-0.15, -0.1) is 0 Å². The van der Waals surface area contributed by atoms with Crippen molar-refractivity contribution < 1.29 is 9.53 Å². The lowest BCUT2D eigenvalue weighted by atomic mass is 9.78. The van der Waals surface area contributed by atoms with Gasteiger partial charge in [0.1, 0.15) is 5.75 Å². The van der Waals surface area contributed by atoms with Crippen LogP contribution in [0.2, 0.25) is 0 Å². The van der Waals surface area contributed by atoms with E-state index in [0.717, 1.165) is 30.2 Å². The molecule has 2 heteroatoms. The fourth-order valence-electron chi connectivity index (χ4n) is 5.93. The minimum atomic E-state index is -0.311. The average Bonchev–Trinajstić information content (AvgIpc) is 2.98. The van der Waals surface area contributed by atoms with E-state index in [-0.39, 0.29) is 5.97 Å². The molecule has 2 nitrogen and oxygen atoms in total. The first-order chi connectivity index (χ1) is 19.0. The summed E-state index contributed by atoms with van der Waals surface area (Å²) in [6.45, 7) is 6.82. The van der Waals surface area contributed by atoms with E-state index in [1.807, 2.05) is 36.4 Å². The van der Waals surface area contributed by atoms with E-state index in [9.17, 15) is 4.79 Å². The fraction of sp³-hybridized carbons (Fsp3) is 0.486. The predicted octanol–water partition coefficient (Wildman–Crippen LogP) is 10.5. The molecule has 0 N–H and O–H groups in total. The SMILES string of the molecule is CCCCCC1CCC(CCc2ccc(OC(=O)c3ccc(-c4ccc(CC(C)CC)cc4)cc3)cc2)CC1. The van der Waals surface area contributed by atoms with Crippen LogP contribution in [0, 0.1) is 17.8 Å². The van der Waals surface area contributed by atoms with Crippen molar-refractivity contribution in [2.45, 2.75) is 97.8 Å². The van der Waals surface area contributed by atoms with E-state index in [4.69, 9.17) is 4.74 Å². The number of rotatable bonds is 13. The second-order valence-corrected chi connectivity index (χ2v) is 11.9. The summed E-state index contributed by atoms with van der Waals surface area (Å²) in [4.78, 5) is 12.7. The van der Waals surface area contributed by atoms with Gasteiger partial charge in [-0.05, 0) is 83.5 Å². The molecule has 0 heterocycles. The average molecular weight is 525 g/mol. The molecule has 0 amide bonds. The molecule has 1 aliphatic rings. The molecular weight excluding hydrogens is 476 g/mol. The van der Waals surface area contributed by atoms with Gasteiger partial charge >= 0.3 is 5.97 Å². The molecule has 1 saturated carbocycles. The summed E-state index contributed by atoms with van der Waals surface area (Å²) in [5, 5.41) is 0. The Balaban J connectivity index is 1.22. The zero-order chi connectivity index (χ0) is 27.5.